The Morgan fingerprint density at radius 2 is 1.92 bits per heavy atom. The van der Waals surface area contributed by atoms with Crippen molar-refractivity contribution >= 4 is 34.8 Å². The van der Waals surface area contributed by atoms with Crippen molar-refractivity contribution in [2.24, 2.45) is 0 Å². The Hall–Kier alpha value is -1.95. The number of amides is 1. The first-order valence-electron chi connectivity index (χ1n) is 7.58. The normalized spacial score (nSPS) is 10.6. The highest BCUT2D eigenvalue weighted by Crippen LogP contribution is 2.29. The molecule has 0 spiro atoms. The number of carbonyl (C=O) groups excluding carboxylic acids is 1. The first kappa shape index (κ1) is 19.4. The maximum atomic E-state index is 12.3. The highest BCUT2D eigenvalue weighted by molar-refractivity contribution is 6.42. The first-order chi connectivity index (χ1) is 11.9. The van der Waals surface area contributed by atoms with E-state index in [0.29, 0.717) is 33.8 Å². The number of ether oxygens (including phenoxy) is 2. The molecule has 0 aromatic heterocycles. The number of methoxy groups -OCH3 is 2. The molecule has 0 fully saturated rings. The molecule has 0 aliphatic carbocycles. The zero-order valence-corrected chi connectivity index (χ0v) is 15.8. The van der Waals surface area contributed by atoms with Gasteiger partial charge < -0.3 is 14.8 Å². The minimum atomic E-state index is -0.163. The van der Waals surface area contributed by atoms with Crippen molar-refractivity contribution in [3.63, 3.8) is 0 Å². The lowest BCUT2D eigenvalue weighted by Gasteiger charge is -2.18. The number of rotatable bonds is 7. The summed E-state index contributed by atoms with van der Waals surface area (Å²) in [4.78, 5) is 14.1. The van der Waals surface area contributed by atoms with E-state index < -0.39 is 0 Å². The molecule has 0 unspecified atom stereocenters. The lowest BCUT2D eigenvalue weighted by atomic mass is 10.2. The van der Waals surface area contributed by atoms with Crippen LogP contribution in [0.1, 0.15) is 5.56 Å². The van der Waals surface area contributed by atoms with Crippen molar-refractivity contribution in [1.82, 2.24) is 4.90 Å². The second kappa shape index (κ2) is 8.94. The Kier molecular flexibility index (Phi) is 6.93. The van der Waals surface area contributed by atoms with Gasteiger partial charge in [-0.15, -0.1) is 0 Å². The SMILES string of the molecule is COc1ccc(NC(=O)CN(C)Cc2cccc(Cl)c2Cl)c(OC)c1. The molecule has 5 nitrogen and oxygen atoms in total. The van der Waals surface area contributed by atoms with E-state index in [1.165, 1.54) is 7.11 Å². The molecule has 0 saturated heterocycles. The Bertz CT molecular complexity index is 753. The zero-order valence-electron chi connectivity index (χ0n) is 14.3. The van der Waals surface area contributed by atoms with Crippen molar-refractivity contribution < 1.29 is 14.3 Å². The molecule has 2 aromatic carbocycles. The van der Waals surface area contributed by atoms with E-state index in [1.54, 1.807) is 31.4 Å². The van der Waals surface area contributed by atoms with Gasteiger partial charge in [-0.1, -0.05) is 35.3 Å². The van der Waals surface area contributed by atoms with Crippen LogP contribution < -0.4 is 14.8 Å². The summed E-state index contributed by atoms with van der Waals surface area (Å²) in [6.45, 7) is 0.699. The second-order valence-electron chi connectivity index (χ2n) is 5.50. The third kappa shape index (κ3) is 5.26. The number of likely N-dealkylation sites (N-methyl/N-ethyl adjacent to an activating group) is 1. The van der Waals surface area contributed by atoms with Gasteiger partial charge in [0.1, 0.15) is 11.5 Å². The molecule has 1 N–H and O–H groups in total. The average molecular weight is 383 g/mol. The number of halogens is 2. The van der Waals surface area contributed by atoms with Crippen molar-refractivity contribution in [2.45, 2.75) is 6.54 Å². The molecule has 0 atom stereocenters. The van der Waals surface area contributed by atoms with Gasteiger partial charge in [-0.25, -0.2) is 0 Å². The van der Waals surface area contributed by atoms with E-state index in [0.717, 1.165) is 5.56 Å². The van der Waals surface area contributed by atoms with Gasteiger partial charge >= 0.3 is 0 Å². The Morgan fingerprint density at radius 1 is 1.16 bits per heavy atom. The quantitative estimate of drug-likeness (QED) is 0.783. The summed E-state index contributed by atoms with van der Waals surface area (Å²) in [5.74, 6) is 1.03. The number of anilines is 1. The third-order valence-electron chi connectivity index (χ3n) is 3.57. The van der Waals surface area contributed by atoms with Crippen molar-refractivity contribution in [2.75, 3.05) is 33.1 Å². The molecule has 2 rings (SSSR count). The minimum Gasteiger partial charge on any atom is -0.497 e. The van der Waals surface area contributed by atoms with Crippen LogP contribution in [0.25, 0.3) is 0 Å². The molecule has 2 aromatic rings. The Balaban J connectivity index is 1.99. The second-order valence-corrected chi connectivity index (χ2v) is 6.28. The highest BCUT2D eigenvalue weighted by atomic mass is 35.5. The molecule has 0 saturated carbocycles. The molecule has 0 bridgehead atoms. The van der Waals surface area contributed by atoms with Crippen LogP contribution in [0.4, 0.5) is 5.69 Å². The summed E-state index contributed by atoms with van der Waals surface area (Å²) >= 11 is 12.2. The fraction of sp³-hybridized carbons (Fsp3) is 0.278. The molecular formula is C18H20Cl2N2O3. The van der Waals surface area contributed by atoms with E-state index in [2.05, 4.69) is 5.32 Å². The van der Waals surface area contributed by atoms with Gasteiger partial charge in [-0.05, 0) is 30.8 Å². The molecular weight excluding hydrogens is 363 g/mol. The molecule has 0 aliphatic heterocycles. The minimum absolute atomic E-state index is 0.163. The largest absolute Gasteiger partial charge is 0.497 e. The summed E-state index contributed by atoms with van der Waals surface area (Å²) in [5, 5.41) is 3.84. The number of nitrogens with zero attached hydrogens (tertiary/aromatic N) is 1. The first-order valence-corrected chi connectivity index (χ1v) is 8.33. The monoisotopic (exact) mass is 382 g/mol. The van der Waals surface area contributed by atoms with Gasteiger partial charge in [-0.2, -0.15) is 0 Å². The number of hydrogen-bond acceptors (Lipinski definition) is 4. The van der Waals surface area contributed by atoms with Crippen LogP contribution in [0.2, 0.25) is 10.0 Å². The zero-order chi connectivity index (χ0) is 18.4. The van der Waals surface area contributed by atoms with Crippen LogP contribution in [-0.4, -0.2) is 38.6 Å². The summed E-state index contributed by atoms with van der Waals surface area (Å²) in [7, 11) is 4.95. The molecule has 134 valence electrons. The fourth-order valence-electron chi connectivity index (χ4n) is 2.35. The fourth-order valence-corrected chi connectivity index (χ4v) is 2.73. The van der Waals surface area contributed by atoms with Gasteiger partial charge in [0.15, 0.2) is 0 Å². The Morgan fingerprint density at radius 3 is 2.60 bits per heavy atom. The molecule has 25 heavy (non-hydrogen) atoms. The lowest BCUT2D eigenvalue weighted by molar-refractivity contribution is -0.117. The van der Waals surface area contributed by atoms with Crippen molar-refractivity contribution in [3.8, 4) is 11.5 Å². The van der Waals surface area contributed by atoms with Crippen molar-refractivity contribution in [3.05, 3.63) is 52.0 Å². The van der Waals surface area contributed by atoms with Gasteiger partial charge in [-0.3, -0.25) is 9.69 Å². The van der Waals surface area contributed by atoms with E-state index >= 15 is 0 Å². The molecule has 0 aliphatic rings. The van der Waals surface area contributed by atoms with Gasteiger partial charge in [0, 0.05) is 12.6 Å². The third-order valence-corrected chi connectivity index (χ3v) is 4.43. The maximum Gasteiger partial charge on any atom is 0.238 e. The number of carbonyl (C=O) groups is 1. The van der Waals surface area contributed by atoms with E-state index in [-0.39, 0.29) is 12.5 Å². The summed E-state index contributed by atoms with van der Waals surface area (Å²) in [6.07, 6.45) is 0. The lowest BCUT2D eigenvalue weighted by Crippen LogP contribution is -2.30. The number of hydrogen-bond donors (Lipinski definition) is 1. The summed E-state index contributed by atoms with van der Waals surface area (Å²) < 4.78 is 10.4. The van der Waals surface area contributed by atoms with E-state index in [1.807, 2.05) is 24.1 Å². The molecule has 7 heteroatoms. The van der Waals surface area contributed by atoms with Crippen LogP contribution in [0.5, 0.6) is 11.5 Å². The smallest absolute Gasteiger partial charge is 0.238 e. The van der Waals surface area contributed by atoms with Crippen LogP contribution in [0.15, 0.2) is 36.4 Å². The number of nitrogens with one attached hydrogen (secondary N) is 1. The van der Waals surface area contributed by atoms with Crippen molar-refractivity contribution in [1.29, 1.82) is 0 Å². The van der Waals surface area contributed by atoms with Gasteiger partial charge in [0.25, 0.3) is 0 Å². The van der Waals surface area contributed by atoms with E-state index in [4.69, 9.17) is 32.7 Å². The number of benzene rings is 2. The van der Waals surface area contributed by atoms with Crippen LogP contribution in [0, 0.1) is 0 Å². The maximum absolute atomic E-state index is 12.3. The summed E-state index contributed by atoms with van der Waals surface area (Å²) in [5.41, 5.74) is 1.45. The van der Waals surface area contributed by atoms with Crippen LogP contribution in [-0.2, 0) is 11.3 Å². The van der Waals surface area contributed by atoms with Crippen LogP contribution >= 0.6 is 23.2 Å². The molecule has 0 heterocycles. The molecule has 1 amide bonds. The summed E-state index contributed by atoms with van der Waals surface area (Å²) in [6, 6.07) is 10.7. The average Bonchev–Trinajstić information content (AvgIpc) is 2.59. The van der Waals surface area contributed by atoms with Crippen LogP contribution in [0.3, 0.4) is 0 Å². The van der Waals surface area contributed by atoms with E-state index in [9.17, 15) is 4.79 Å². The predicted octanol–water partition coefficient (Wildman–Crippen LogP) is 4.08. The molecule has 0 radical (unpaired) electrons. The van der Waals surface area contributed by atoms with Gasteiger partial charge in [0.05, 0.1) is 36.5 Å². The standard InChI is InChI=1S/C18H20Cl2N2O3/c1-22(10-12-5-4-6-14(19)18(12)20)11-17(23)21-15-8-7-13(24-2)9-16(15)25-3/h4-9H,10-11H2,1-3H3,(H,21,23). The topological polar surface area (TPSA) is 50.8 Å². The van der Waals surface area contributed by atoms with Gasteiger partial charge in [0.2, 0.25) is 5.91 Å². The highest BCUT2D eigenvalue weighted by Gasteiger charge is 2.13. The predicted molar refractivity (Wildman–Crippen MR) is 101 cm³/mol. The Labute approximate surface area is 157 Å².